The van der Waals surface area contributed by atoms with Crippen LogP contribution in [-0.2, 0) is 11.2 Å². The number of aliphatic carboxylic acids is 1. The summed E-state index contributed by atoms with van der Waals surface area (Å²) >= 11 is 0. The molecule has 4 heteroatoms. The Hall–Kier alpha value is -1.29. The summed E-state index contributed by atoms with van der Waals surface area (Å²) in [5, 5.41) is 12.7. The van der Waals surface area contributed by atoms with E-state index in [-0.39, 0.29) is 6.04 Å². The van der Waals surface area contributed by atoms with E-state index in [4.69, 9.17) is 4.42 Å². The normalized spacial score (nSPS) is 22.2. The van der Waals surface area contributed by atoms with Crippen LogP contribution in [0.5, 0.6) is 0 Å². The molecular formula is C14H21NO3. The zero-order valence-electron chi connectivity index (χ0n) is 11.0. The third kappa shape index (κ3) is 2.43. The van der Waals surface area contributed by atoms with Gasteiger partial charge in [0.25, 0.3) is 0 Å². The highest BCUT2D eigenvalue weighted by atomic mass is 16.4. The topological polar surface area (TPSA) is 62.5 Å². The van der Waals surface area contributed by atoms with Gasteiger partial charge in [-0.3, -0.25) is 10.1 Å². The van der Waals surface area contributed by atoms with Gasteiger partial charge in [-0.2, -0.15) is 0 Å². The summed E-state index contributed by atoms with van der Waals surface area (Å²) in [5.74, 6) is 0.225. The molecular weight excluding hydrogens is 230 g/mol. The number of fused-ring (bicyclic) bond motifs is 1. The fourth-order valence-electron chi connectivity index (χ4n) is 2.76. The molecule has 0 saturated heterocycles. The molecule has 0 aromatic carbocycles. The van der Waals surface area contributed by atoms with Crippen molar-refractivity contribution in [3.8, 4) is 0 Å². The molecule has 1 aliphatic carbocycles. The molecule has 0 saturated carbocycles. The first-order valence-electron chi connectivity index (χ1n) is 6.64. The van der Waals surface area contributed by atoms with Crippen LogP contribution in [0.4, 0.5) is 0 Å². The van der Waals surface area contributed by atoms with Gasteiger partial charge in [-0.25, -0.2) is 0 Å². The van der Waals surface area contributed by atoms with E-state index in [1.807, 2.05) is 13.0 Å². The highest BCUT2D eigenvalue weighted by molar-refractivity contribution is 5.78. The maximum atomic E-state index is 11.4. The lowest BCUT2D eigenvalue weighted by molar-refractivity contribution is -0.145. The maximum absolute atomic E-state index is 11.4. The van der Waals surface area contributed by atoms with E-state index in [0.717, 1.165) is 37.0 Å². The van der Waals surface area contributed by atoms with Gasteiger partial charge >= 0.3 is 5.97 Å². The first-order chi connectivity index (χ1) is 8.57. The zero-order valence-corrected chi connectivity index (χ0v) is 11.0. The summed E-state index contributed by atoms with van der Waals surface area (Å²) in [5.41, 5.74) is 0.274. The summed E-state index contributed by atoms with van der Waals surface area (Å²) in [7, 11) is 0. The quantitative estimate of drug-likeness (QED) is 0.844. The van der Waals surface area contributed by atoms with Gasteiger partial charge in [0.1, 0.15) is 11.3 Å². The van der Waals surface area contributed by atoms with E-state index >= 15 is 0 Å². The van der Waals surface area contributed by atoms with E-state index in [1.54, 1.807) is 13.2 Å². The number of rotatable bonds is 5. The fraction of sp³-hybridized carbons (Fsp3) is 0.643. The molecule has 0 spiro atoms. The SMILES string of the molecule is CCCC(C)(NC1CCCc2occc21)C(=O)O. The second-order valence-electron chi connectivity index (χ2n) is 5.28. The highest BCUT2D eigenvalue weighted by Crippen LogP contribution is 2.32. The van der Waals surface area contributed by atoms with Gasteiger partial charge in [0.2, 0.25) is 0 Å². The first-order valence-corrected chi connectivity index (χ1v) is 6.64. The number of carboxylic acid groups (broad SMARTS) is 1. The van der Waals surface area contributed by atoms with E-state index in [0.29, 0.717) is 6.42 Å². The minimum absolute atomic E-state index is 0.0974. The number of aryl methyl sites for hydroxylation is 1. The van der Waals surface area contributed by atoms with Crippen LogP contribution >= 0.6 is 0 Å². The van der Waals surface area contributed by atoms with Gasteiger partial charge in [-0.05, 0) is 32.3 Å². The van der Waals surface area contributed by atoms with Crippen LogP contribution in [0.15, 0.2) is 16.7 Å². The lowest BCUT2D eigenvalue weighted by Crippen LogP contribution is -2.51. The van der Waals surface area contributed by atoms with Crippen LogP contribution in [0.3, 0.4) is 0 Å². The zero-order chi connectivity index (χ0) is 13.2. The van der Waals surface area contributed by atoms with Crippen molar-refractivity contribution in [2.45, 2.75) is 57.5 Å². The molecule has 1 aliphatic rings. The summed E-state index contributed by atoms with van der Waals surface area (Å²) in [4.78, 5) is 11.4. The number of carboxylic acids is 1. The third-order valence-electron chi connectivity index (χ3n) is 3.77. The highest BCUT2D eigenvalue weighted by Gasteiger charge is 2.36. The average Bonchev–Trinajstić information content (AvgIpc) is 2.78. The van der Waals surface area contributed by atoms with Crippen LogP contribution in [0.1, 0.15) is 56.9 Å². The smallest absolute Gasteiger partial charge is 0.323 e. The monoisotopic (exact) mass is 251 g/mol. The molecule has 1 aromatic rings. The van der Waals surface area contributed by atoms with Gasteiger partial charge in [-0.1, -0.05) is 13.3 Å². The molecule has 2 N–H and O–H groups in total. The second-order valence-corrected chi connectivity index (χ2v) is 5.28. The molecule has 2 rings (SSSR count). The van der Waals surface area contributed by atoms with Crippen LogP contribution in [0.25, 0.3) is 0 Å². The predicted molar refractivity (Wildman–Crippen MR) is 68.5 cm³/mol. The van der Waals surface area contributed by atoms with Gasteiger partial charge < -0.3 is 9.52 Å². The minimum atomic E-state index is -0.856. The molecule has 2 unspecified atom stereocenters. The molecule has 0 amide bonds. The van der Waals surface area contributed by atoms with Crippen LogP contribution in [0.2, 0.25) is 0 Å². The summed E-state index contributed by atoms with van der Waals surface area (Å²) < 4.78 is 5.43. The van der Waals surface area contributed by atoms with E-state index in [9.17, 15) is 9.90 Å². The third-order valence-corrected chi connectivity index (χ3v) is 3.77. The number of hydrogen-bond acceptors (Lipinski definition) is 3. The maximum Gasteiger partial charge on any atom is 0.323 e. The molecule has 1 heterocycles. The van der Waals surface area contributed by atoms with Crippen molar-refractivity contribution in [1.29, 1.82) is 0 Å². The van der Waals surface area contributed by atoms with Crippen LogP contribution in [0, 0.1) is 0 Å². The molecule has 2 atom stereocenters. The lowest BCUT2D eigenvalue weighted by atomic mass is 9.88. The summed E-state index contributed by atoms with van der Waals surface area (Å²) in [6.45, 7) is 3.78. The fourth-order valence-corrected chi connectivity index (χ4v) is 2.76. The van der Waals surface area contributed by atoms with Crippen LogP contribution < -0.4 is 5.32 Å². The molecule has 0 aliphatic heterocycles. The van der Waals surface area contributed by atoms with Crippen molar-refractivity contribution in [2.75, 3.05) is 0 Å². The Morgan fingerprint density at radius 2 is 2.44 bits per heavy atom. The van der Waals surface area contributed by atoms with Crippen molar-refractivity contribution in [1.82, 2.24) is 5.32 Å². The van der Waals surface area contributed by atoms with Gasteiger partial charge in [0.15, 0.2) is 0 Å². The van der Waals surface area contributed by atoms with E-state index < -0.39 is 11.5 Å². The van der Waals surface area contributed by atoms with Crippen molar-refractivity contribution in [2.24, 2.45) is 0 Å². The minimum Gasteiger partial charge on any atom is -0.480 e. The van der Waals surface area contributed by atoms with Gasteiger partial charge in [0, 0.05) is 18.0 Å². The molecule has 0 bridgehead atoms. The molecule has 1 aromatic heterocycles. The largest absolute Gasteiger partial charge is 0.480 e. The summed E-state index contributed by atoms with van der Waals surface area (Å²) in [6.07, 6.45) is 6.15. The van der Waals surface area contributed by atoms with Crippen molar-refractivity contribution in [3.63, 3.8) is 0 Å². The average molecular weight is 251 g/mol. The molecule has 4 nitrogen and oxygen atoms in total. The Bertz CT molecular complexity index is 426. The van der Waals surface area contributed by atoms with Crippen molar-refractivity contribution < 1.29 is 14.3 Å². The molecule has 100 valence electrons. The number of carbonyl (C=O) groups is 1. The Kier molecular flexibility index (Phi) is 3.76. The molecule has 0 radical (unpaired) electrons. The Balaban J connectivity index is 2.17. The summed E-state index contributed by atoms with van der Waals surface area (Å²) in [6, 6.07) is 2.06. The van der Waals surface area contributed by atoms with E-state index in [2.05, 4.69) is 5.32 Å². The molecule has 18 heavy (non-hydrogen) atoms. The van der Waals surface area contributed by atoms with Crippen molar-refractivity contribution >= 4 is 5.97 Å². The number of hydrogen-bond donors (Lipinski definition) is 2. The Morgan fingerprint density at radius 3 is 3.11 bits per heavy atom. The number of furan rings is 1. The van der Waals surface area contributed by atoms with Crippen molar-refractivity contribution in [3.05, 3.63) is 23.7 Å². The lowest BCUT2D eigenvalue weighted by Gasteiger charge is -2.33. The Labute approximate surface area is 107 Å². The second kappa shape index (κ2) is 5.14. The predicted octanol–water partition coefficient (Wildman–Crippen LogP) is 2.89. The Morgan fingerprint density at radius 1 is 1.67 bits per heavy atom. The van der Waals surface area contributed by atoms with Crippen LogP contribution in [-0.4, -0.2) is 16.6 Å². The standard InChI is InChI=1S/C14H21NO3/c1-3-8-14(2,13(16)17)15-11-5-4-6-12-10(11)7-9-18-12/h7,9,11,15H,3-6,8H2,1-2H3,(H,16,17). The van der Waals surface area contributed by atoms with Gasteiger partial charge in [0.05, 0.1) is 6.26 Å². The van der Waals surface area contributed by atoms with E-state index in [1.165, 1.54) is 0 Å². The first kappa shape index (κ1) is 13.1. The molecule has 0 fully saturated rings. The van der Waals surface area contributed by atoms with Gasteiger partial charge in [-0.15, -0.1) is 0 Å². The number of nitrogens with one attached hydrogen (secondary N) is 1.